The van der Waals surface area contributed by atoms with Crippen molar-refractivity contribution in [2.75, 3.05) is 16.8 Å². The fourth-order valence-corrected chi connectivity index (χ4v) is 5.15. The predicted octanol–water partition coefficient (Wildman–Crippen LogP) is 3.11. The van der Waals surface area contributed by atoms with Crippen LogP contribution in [0.5, 0.6) is 0 Å². The van der Waals surface area contributed by atoms with Gasteiger partial charge in [0.15, 0.2) is 5.82 Å². The van der Waals surface area contributed by atoms with Crippen molar-refractivity contribution in [1.82, 2.24) is 20.0 Å². The van der Waals surface area contributed by atoms with E-state index in [4.69, 9.17) is 5.10 Å². The Morgan fingerprint density at radius 3 is 2.90 bits per heavy atom. The second kappa shape index (κ2) is 4.84. The van der Waals surface area contributed by atoms with Gasteiger partial charge in [-0.25, -0.2) is 0 Å². The Labute approximate surface area is 131 Å². The van der Waals surface area contributed by atoms with Crippen molar-refractivity contribution >= 4 is 49.3 Å². The molecule has 1 N–H and O–H groups in total. The van der Waals surface area contributed by atoms with E-state index in [0.29, 0.717) is 6.04 Å². The molecule has 5 nitrogen and oxygen atoms in total. The van der Waals surface area contributed by atoms with Crippen LogP contribution >= 0.6 is 23.1 Å². The Bertz CT molecular complexity index is 829. The van der Waals surface area contributed by atoms with E-state index in [-0.39, 0.29) is 0 Å². The van der Waals surface area contributed by atoms with Crippen molar-refractivity contribution in [1.29, 1.82) is 0 Å². The summed E-state index contributed by atoms with van der Waals surface area (Å²) in [5.74, 6) is 3.41. The molecule has 7 heteroatoms. The summed E-state index contributed by atoms with van der Waals surface area (Å²) in [6.07, 6.45) is 1.21. The molecular weight excluding hydrogens is 302 g/mol. The van der Waals surface area contributed by atoms with Gasteiger partial charge in [0.1, 0.15) is 4.83 Å². The number of fused-ring (bicyclic) bond motifs is 3. The molecule has 0 spiro atoms. The minimum Gasteiger partial charge on any atom is -0.364 e. The van der Waals surface area contributed by atoms with Crippen LogP contribution in [0, 0.1) is 13.8 Å². The normalized spacial score (nSPS) is 18.9. The largest absolute Gasteiger partial charge is 0.364 e. The first-order chi connectivity index (χ1) is 10.1. The van der Waals surface area contributed by atoms with Gasteiger partial charge in [0, 0.05) is 24.2 Å². The van der Waals surface area contributed by atoms with E-state index < -0.39 is 0 Å². The fourth-order valence-electron chi connectivity index (χ4n) is 2.85. The smallest absolute Gasteiger partial charge is 0.166 e. The van der Waals surface area contributed by atoms with Gasteiger partial charge in [-0.15, -0.1) is 16.4 Å². The molecule has 0 aromatic carbocycles. The average Bonchev–Trinajstić information content (AvgIpc) is 3.14. The molecule has 0 saturated carbocycles. The lowest BCUT2D eigenvalue weighted by Crippen LogP contribution is -2.18. The molecule has 110 valence electrons. The van der Waals surface area contributed by atoms with E-state index in [2.05, 4.69) is 22.4 Å². The topological polar surface area (TPSA) is 55.6 Å². The number of aromatic nitrogens is 4. The number of nitrogens with zero attached hydrogens (tertiary/aromatic N) is 4. The molecule has 1 atom stereocenters. The molecule has 21 heavy (non-hydrogen) atoms. The molecular formula is C14H17N5S2. The van der Waals surface area contributed by atoms with Crippen LogP contribution in [0.3, 0.4) is 0 Å². The fraction of sp³-hybridized carbons (Fsp3) is 0.500. The summed E-state index contributed by atoms with van der Waals surface area (Å²) in [6, 6.07) is 0.534. The molecule has 3 aromatic heterocycles. The molecule has 0 amide bonds. The second-order valence-electron chi connectivity index (χ2n) is 5.55. The third kappa shape index (κ3) is 2.02. The molecule has 1 saturated heterocycles. The molecule has 1 unspecified atom stereocenters. The van der Waals surface area contributed by atoms with Gasteiger partial charge in [0.2, 0.25) is 0 Å². The van der Waals surface area contributed by atoms with Crippen LogP contribution in [-0.4, -0.2) is 37.5 Å². The molecule has 0 aliphatic carbocycles. The van der Waals surface area contributed by atoms with Crippen molar-refractivity contribution in [3.63, 3.8) is 0 Å². The first-order valence-electron chi connectivity index (χ1n) is 7.08. The highest BCUT2D eigenvalue weighted by Gasteiger charge is 2.22. The Kier molecular flexibility index (Phi) is 3.08. The highest BCUT2D eigenvalue weighted by atomic mass is 32.2. The van der Waals surface area contributed by atoms with Gasteiger partial charge in [-0.2, -0.15) is 22.0 Å². The minimum atomic E-state index is 0.534. The number of aryl methyl sites for hydroxylation is 3. The van der Waals surface area contributed by atoms with Gasteiger partial charge in [-0.05, 0) is 31.6 Å². The van der Waals surface area contributed by atoms with Gasteiger partial charge < -0.3 is 5.32 Å². The zero-order chi connectivity index (χ0) is 14.6. The van der Waals surface area contributed by atoms with Gasteiger partial charge in [0.25, 0.3) is 0 Å². The van der Waals surface area contributed by atoms with E-state index in [0.717, 1.165) is 16.3 Å². The Morgan fingerprint density at radius 2 is 2.14 bits per heavy atom. The Hall–Kier alpha value is -1.34. The van der Waals surface area contributed by atoms with E-state index in [1.54, 1.807) is 11.3 Å². The number of hydrogen-bond acceptors (Lipinski definition) is 6. The second-order valence-corrected chi connectivity index (χ2v) is 7.70. The molecule has 1 fully saturated rings. The Balaban J connectivity index is 1.92. The Morgan fingerprint density at radius 1 is 1.29 bits per heavy atom. The number of rotatable bonds is 2. The maximum absolute atomic E-state index is 4.69. The van der Waals surface area contributed by atoms with E-state index in [1.807, 2.05) is 30.4 Å². The monoisotopic (exact) mass is 319 g/mol. The highest BCUT2D eigenvalue weighted by molar-refractivity contribution is 7.99. The van der Waals surface area contributed by atoms with E-state index >= 15 is 0 Å². The maximum Gasteiger partial charge on any atom is 0.166 e. The predicted molar refractivity (Wildman–Crippen MR) is 90.5 cm³/mol. The summed E-state index contributed by atoms with van der Waals surface area (Å²) in [5.41, 5.74) is 3.38. The van der Waals surface area contributed by atoms with Crippen molar-refractivity contribution in [2.45, 2.75) is 26.3 Å². The zero-order valence-electron chi connectivity index (χ0n) is 12.3. The summed E-state index contributed by atoms with van der Waals surface area (Å²) in [4.78, 5) is 1.00. The van der Waals surface area contributed by atoms with Crippen LogP contribution in [0.4, 0.5) is 5.82 Å². The molecule has 4 rings (SSSR count). The van der Waals surface area contributed by atoms with Gasteiger partial charge in [-0.1, -0.05) is 0 Å². The van der Waals surface area contributed by atoms with Crippen molar-refractivity contribution in [2.24, 2.45) is 7.05 Å². The molecule has 4 heterocycles. The lowest BCUT2D eigenvalue weighted by atomic mass is 10.1. The van der Waals surface area contributed by atoms with Crippen molar-refractivity contribution in [3.05, 3.63) is 11.3 Å². The third-order valence-corrected chi connectivity index (χ3v) is 6.36. The quantitative estimate of drug-likeness (QED) is 0.786. The van der Waals surface area contributed by atoms with Crippen LogP contribution in [0.1, 0.15) is 17.7 Å². The van der Waals surface area contributed by atoms with Crippen LogP contribution in [0.15, 0.2) is 0 Å². The number of hydrogen-bond donors (Lipinski definition) is 1. The number of thiophene rings is 1. The summed E-state index contributed by atoms with van der Waals surface area (Å²) < 4.78 is 3.18. The average molecular weight is 319 g/mol. The first-order valence-corrected chi connectivity index (χ1v) is 9.05. The SMILES string of the molecule is Cc1nnc2sc3c(NC4CCSC4)nn(C)c3c2c1C. The molecule has 1 aliphatic heterocycles. The van der Waals surface area contributed by atoms with Gasteiger partial charge in [0.05, 0.1) is 15.9 Å². The summed E-state index contributed by atoms with van der Waals surface area (Å²) >= 11 is 3.70. The van der Waals surface area contributed by atoms with Gasteiger partial charge >= 0.3 is 0 Å². The molecule has 0 bridgehead atoms. The maximum atomic E-state index is 4.69. The first kappa shape index (κ1) is 13.3. The third-order valence-electron chi connectivity index (χ3n) is 4.13. The lowest BCUT2D eigenvalue weighted by Gasteiger charge is -2.09. The summed E-state index contributed by atoms with van der Waals surface area (Å²) in [7, 11) is 2.01. The minimum absolute atomic E-state index is 0.534. The molecule has 0 radical (unpaired) electrons. The van der Waals surface area contributed by atoms with Crippen molar-refractivity contribution in [3.8, 4) is 0 Å². The van der Waals surface area contributed by atoms with Crippen LogP contribution in [-0.2, 0) is 7.05 Å². The summed E-state index contributed by atoms with van der Waals surface area (Å²) in [5, 5.41) is 18.1. The zero-order valence-corrected chi connectivity index (χ0v) is 13.9. The number of thioether (sulfide) groups is 1. The number of anilines is 1. The van der Waals surface area contributed by atoms with Crippen LogP contribution < -0.4 is 5.32 Å². The standard InChI is InChI=1S/C14H17N5S2/c1-7-8(2)16-17-14-10(7)11-12(21-14)13(18-19(11)3)15-9-4-5-20-6-9/h9H,4-6H2,1-3H3,(H,15,18). The lowest BCUT2D eigenvalue weighted by molar-refractivity contribution is 0.769. The number of nitrogens with one attached hydrogen (secondary N) is 1. The van der Waals surface area contributed by atoms with E-state index in [9.17, 15) is 0 Å². The molecule has 3 aromatic rings. The van der Waals surface area contributed by atoms with Crippen LogP contribution in [0.25, 0.3) is 20.4 Å². The summed E-state index contributed by atoms with van der Waals surface area (Å²) in [6.45, 7) is 4.13. The highest BCUT2D eigenvalue weighted by Crippen LogP contribution is 2.39. The molecule has 1 aliphatic rings. The van der Waals surface area contributed by atoms with Crippen molar-refractivity contribution < 1.29 is 0 Å². The van der Waals surface area contributed by atoms with Crippen LogP contribution in [0.2, 0.25) is 0 Å². The van der Waals surface area contributed by atoms with Gasteiger partial charge in [-0.3, -0.25) is 4.68 Å². The van der Waals surface area contributed by atoms with E-state index in [1.165, 1.54) is 39.1 Å².